The number of hydrogen-bond acceptors (Lipinski definition) is 4. The van der Waals surface area contributed by atoms with Gasteiger partial charge in [-0.2, -0.15) is 0 Å². The molecule has 0 aliphatic carbocycles. The molecule has 0 atom stereocenters. The highest BCUT2D eigenvalue weighted by Gasteiger charge is 2.15. The first-order valence-corrected chi connectivity index (χ1v) is 8.62. The van der Waals surface area contributed by atoms with Crippen LogP contribution in [0.4, 0.5) is 0 Å². The standard InChI is InChI=1S/C19H31N3O3.HI/c1-7-20-18(22-13-17(23)25-19(3,4)5)21-11-10-15-9-8-14(2)16(12-15)24-6;/h8-9,12H,7,10-11,13H2,1-6H3,(H2,20,21,22);1H. The molecule has 1 aromatic rings. The third kappa shape index (κ3) is 9.84. The average Bonchev–Trinajstić information content (AvgIpc) is 2.52. The van der Waals surface area contributed by atoms with Crippen molar-refractivity contribution >= 4 is 35.9 Å². The third-order valence-electron chi connectivity index (χ3n) is 3.31. The van der Waals surface area contributed by atoms with Gasteiger partial charge in [-0.15, -0.1) is 24.0 Å². The number of carbonyl (C=O) groups is 1. The highest BCUT2D eigenvalue weighted by Crippen LogP contribution is 2.18. The van der Waals surface area contributed by atoms with Crippen molar-refractivity contribution in [3.63, 3.8) is 0 Å². The summed E-state index contributed by atoms with van der Waals surface area (Å²) in [6.45, 7) is 10.9. The van der Waals surface area contributed by atoms with Gasteiger partial charge < -0.3 is 20.1 Å². The van der Waals surface area contributed by atoms with E-state index in [0.29, 0.717) is 12.5 Å². The fourth-order valence-electron chi connectivity index (χ4n) is 2.20. The summed E-state index contributed by atoms with van der Waals surface area (Å²) in [7, 11) is 1.68. The summed E-state index contributed by atoms with van der Waals surface area (Å²) in [5.41, 5.74) is 1.80. The van der Waals surface area contributed by atoms with Gasteiger partial charge in [0.1, 0.15) is 17.9 Å². The Morgan fingerprint density at radius 3 is 2.50 bits per heavy atom. The lowest BCUT2D eigenvalue weighted by atomic mass is 10.1. The van der Waals surface area contributed by atoms with Gasteiger partial charge in [-0.1, -0.05) is 12.1 Å². The van der Waals surface area contributed by atoms with Gasteiger partial charge in [0.05, 0.1) is 7.11 Å². The number of carbonyl (C=O) groups excluding carboxylic acids is 1. The molecule has 26 heavy (non-hydrogen) atoms. The zero-order valence-electron chi connectivity index (χ0n) is 16.6. The van der Waals surface area contributed by atoms with Gasteiger partial charge in [-0.3, -0.25) is 4.79 Å². The molecular weight excluding hydrogens is 445 g/mol. The smallest absolute Gasteiger partial charge is 0.328 e. The predicted molar refractivity (Wildman–Crippen MR) is 117 cm³/mol. The van der Waals surface area contributed by atoms with Crippen molar-refractivity contribution in [3.05, 3.63) is 29.3 Å². The van der Waals surface area contributed by atoms with E-state index in [1.807, 2.05) is 40.7 Å². The Morgan fingerprint density at radius 2 is 1.92 bits per heavy atom. The minimum absolute atomic E-state index is 0. The van der Waals surface area contributed by atoms with Crippen molar-refractivity contribution < 1.29 is 14.3 Å². The van der Waals surface area contributed by atoms with Gasteiger partial charge >= 0.3 is 5.97 Å². The summed E-state index contributed by atoms with van der Waals surface area (Å²) in [6.07, 6.45) is 0.827. The summed E-state index contributed by atoms with van der Waals surface area (Å²) >= 11 is 0. The molecule has 7 heteroatoms. The molecule has 6 nitrogen and oxygen atoms in total. The second-order valence-corrected chi connectivity index (χ2v) is 6.76. The Kier molecular flexibility index (Phi) is 11.3. The number of guanidine groups is 1. The van der Waals surface area contributed by atoms with Crippen LogP contribution in [0.1, 0.15) is 38.8 Å². The monoisotopic (exact) mass is 477 g/mol. The Bertz CT molecular complexity index is 598. The van der Waals surface area contributed by atoms with Crippen LogP contribution in [-0.4, -0.2) is 44.3 Å². The number of esters is 1. The van der Waals surface area contributed by atoms with Gasteiger partial charge in [0.2, 0.25) is 0 Å². The van der Waals surface area contributed by atoms with E-state index in [1.54, 1.807) is 7.11 Å². The van der Waals surface area contributed by atoms with Crippen LogP contribution >= 0.6 is 24.0 Å². The molecule has 148 valence electrons. The topological polar surface area (TPSA) is 72.0 Å². The first-order chi connectivity index (χ1) is 11.7. The molecule has 0 unspecified atom stereocenters. The van der Waals surface area contributed by atoms with E-state index in [1.165, 1.54) is 5.56 Å². The highest BCUT2D eigenvalue weighted by atomic mass is 127. The Hall–Kier alpha value is -1.51. The van der Waals surface area contributed by atoms with Crippen molar-refractivity contribution in [3.8, 4) is 5.75 Å². The number of ether oxygens (including phenoxy) is 2. The molecule has 0 aliphatic heterocycles. The molecule has 0 heterocycles. The van der Waals surface area contributed by atoms with Crippen molar-refractivity contribution in [1.29, 1.82) is 0 Å². The maximum atomic E-state index is 11.8. The zero-order chi connectivity index (χ0) is 18.9. The third-order valence-corrected chi connectivity index (χ3v) is 3.31. The molecule has 0 spiro atoms. The lowest BCUT2D eigenvalue weighted by molar-refractivity contribution is -0.152. The number of nitrogens with zero attached hydrogens (tertiary/aromatic N) is 1. The van der Waals surface area contributed by atoms with Crippen LogP contribution in [0, 0.1) is 6.92 Å². The first kappa shape index (κ1) is 24.5. The van der Waals surface area contributed by atoms with E-state index < -0.39 is 5.60 Å². The molecule has 0 fully saturated rings. The van der Waals surface area contributed by atoms with Gasteiger partial charge in [0.25, 0.3) is 0 Å². The number of halogens is 1. The van der Waals surface area contributed by atoms with Gasteiger partial charge in [0, 0.05) is 13.1 Å². The lowest BCUT2D eigenvalue weighted by Gasteiger charge is -2.19. The normalized spacial score (nSPS) is 11.4. The molecule has 0 amide bonds. The fourth-order valence-corrected chi connectivity index (χ4v) is 2.20. The van der Waals surface area contributed by atoms with Gasteiger partial charge in [-0.05, 0) is 58.2 Å². The Balaban J connectivity index is 0.00000625. The van der Waals surface area contributed by atoms with Crippen LogP contribution in [0.3, 0.4) is 0 Å². The number of hydrogen-bond donors (Lipinski definition) is 2. The first-order valence-electron chi connectivity index (χ1n) is 8.62. The number of methoxy groups -OCH3 is 1. The molecule has 0 aliphatic rings. The predicted octanol–water partition coefficient (Wildman–Crippen LogP) is 3.06. The maximum Gasteiger partial charge on any atom is 0.328 e. The molecule has 1 rings (SSSR count). The van der Waals surface area contributed by atoms with Crippen LogP contribution in [0.5, 0.6) is 5.75 Å². The fraction of sp³-hybridized carbons (Fsp3) is 0.579. The van der Waals surface area contributed by atoms with E-state index in [4.69, 9.17) is 9.47 Å². The second kappa shape index (κ2) is 12.0. The van der Waals surface area contributed by atoms with Crippen LogP contribution in [0.2, 0.25) is 0 Å². The number of nitrogens with one attached hydrogen (secondary N) is 2. The molecule has 1 aromatic carbocycles. The minimum atomic E-state index is -0.497. The Labute approximate surface area is 174 Å². The van der Waals surface area contributed by atoms with E-state index >= 15 is 0 Å². The maximum absolute atomic E-state index is 11.8. The highest BCUT2D eigenvalue weighted by molar-refractivity contribution is 14.0. The van der Waals surface area contributed by atoms with Crippen LogP contribution in [0.15, 0.2) is 23.2 Å². The Morgan fingerprint density at radius 1 is 1.23 bits per heavy atom. The number of rotatable bonds is 7. The number of benzene rings is 1. The summed E-state index contributed by atoms with van der Waals surface area (Å²) in [5, 5.41) is 6.35. The van der Waals surface area contributed by atoms with E-state index in [9.17, 15) is 4.79 Å². The average molecular weight is 477 g/mol. The molecule has 0 saturated heterocycles. The SMILES string of the molecule is CCNC(=NCC(=O)OC(C)(C)C)NCCc1ccc(C)c(OC)c1.I. The van der Waals surface area contributed by atoms with E-state index in [-0.39, 0.29) is 36.5 Å². The largest absolute Gasteiger partial charge is 0.496 e. The van der Waals surface area contributed by atoms with Crippen molar-refractivity contribution in [2.45, 2.75) is 46.6 Å². The summed E-state index contributed by atoms with van der Waals surface area (Å²) in [4.78, 5) is 16.0. The molecular formula is C19H32IN3O3. The molecule has 2 N–H and O–H groups in total. The van der Waals surface area contributed by atoms with Gasteiger partial charge in [-0.25, -0.2) is 4.99 Å². The molecule has 0 aromatic heterocycles. The van der Waals surface area contributed by atoms with Crippen molar-refractivity contribution in [1.82, 2.24) is 10.6 Å². The second-order valence-electron chi connectivity index (χ2n) is 6.76. The van der Waals surface area contributed by atoms with Crippen LogP contribution in [-0.2, 0) is 16.0 Å². The van der Waals surface area contributed by atoms with Crippen molar-refractivity contribution in [2.24, 2.45) is 4.99 Å². The van der Waals surface area contributed by atoms with E-state index in [2.05, 4.69) is 27.8 Å². The number of aliphatic imine (C=N–C) groups is 1. The summed E-state index contributed by atoms with van der Waals surface area (Å²) < 4.78 is 10.6. The number of aryl methyl sites for hydroxylation is 1. The summed E-state index contributed by atoms with van der Waals surface area (Å²) in [6, 6.07) is 6.18. The van der Waals surface area contributed by atoms with Crippen LogP contribution < -0.4 is 15.4 Å². The minimum Gasteiger partial charge on any atom is -0.496 e. The summed E-state index contributed by atoms with van der Waals surface area (Å²) in [5.74, 6) is 1.16. The zero-order valence-corrected chi connectivity index (χ0v) is 19.0. The van der Waals surface area contributed by atoms with Crippen molar-refractivity contribution in [2.75, 3.05) is 26.7 Å². The quantitative estimate of drug-likeness (QED) is 0.274. The molecule has 0 bridgehead atoms. The molecule has 0 saturated carbocycles. The lowest BCUT2D eigenvalue weighted by Crippen LogP contribution is -2.39. The van der Waals surface area contributed by atoms with Gasteiger partial charge in [0.15, 0.2) is 5.96 Å². The molecule has 0 radical (unpaired) electrons. The van der Waals surface area contributed by atoms with Crippen LogP contribution in [0.25, 0.3) is 0 Å². The van der Waals surface area contributed by atoms with E-state index in [0.717, 1.165) is 24.3 Å².